The highest BCUT2D eigenvalue weighted by Crippen LogP contribution is 2.09. The molecule has 0 radical (unpaired) electrons. The second-order valence-electron chi connectivity index (χ2n) is 4.37. The highest BCUT2D eigenvalue weighted by Gasteiger charge is 2.12. The quantitative estimate of drug-likeness (QED) is 0.811. The van der Waals surface area contributed by atoms with E-state index in [-0.39, 0.29) is 5.91 Å². The summed E-state index contributed by atoms with van der Waals surface area (Å²) < 4.78 is 0. The van der Waals surface area contributed by atoms with Crippen molar-refractivity contribution in [2.24, 2.45) is 0 Å². The number of carbonyl (C=O) groups excluding carboxylic acids is 1. The predicted octanol–water partition coefficient (Wildman–Crippen LogP) is 3.12. The topological polar surface area (TPSA) is 33.2 Å². The summed E-state index contributed by atoms with van der Waals surface area (Å²) in [4.78, 5) is 18.3. The van der Waals surface area contributed by atoms with Crippen LogP contribution in [0.4, 0.5) is 0 Å². The van der Waals surface area contributed by atoms with Gasteiger partial charge in [0.1, 0.15) is 0 Å². The summed E-state index contributed by atoms with van der Waals surface area (Å²) in [7, 11) is 0. The van der Waals surface area contributed by atoms with E-state index < -0.39 is 0 Å². The van der Waals surface area contributed by atoms with E-state index in [9.17, 15) is 4.79 Å². The molecule has 1 amide bonds. The minimum atomic E-state index is 0.194. The molecule has 1 heterocycles. The first-order valence-electron chi connectivity index (χ1n) is 6.48. The molecule has 0 saturated carbocycles. The molecule has 0 aliphatic heterocycles. The van der Waals surface area contributed by atoms with Gasteiger partial charge >= 0.3 is 0 Å². The summed E-state index contributed by atoms with van der Waals surface area (Å²) in [5.41, 5.74) is 3.99. The third kappa shape index (κ3) is 4.17. The Labute approximate surface area is 117 Å². The highest BCUT2D eigenvalue weighted by molar-refractivity contribution is 7.07. The molecule has 1 aromatic carbocycles. The Morgan fingerprint density at radius 3 is 2.74 bits per heavy atom. The van der Waals surface area contributed by atoms with Gasteiger partial charge in [0, 0.05) is 24.9 Å². The molecule has 2 aromatic rings. The minimum Gasteiger partial charge on any atom is -0.339 e. The molecular weight excluding hydrogens is 256 g/mol. The molecule has 0 saturated heterocycles. The Hall–Kier alpha value is -1.68. The Kier molecular flexibility index (Phi) is 5.10. The number of hydrogen-bond acceptors (Lipinski definition) is 3. The summed E-state index contributed by atoms with van der Waals surface area (Å²) in [6.45, 7) is 3.45. The maximum Gasteiger partial charge on any atom is 0.223 e. The number of nitrogens with zero attached hydrogens (tertiary/aromatic N) is 2. The fraction of sp³-hybridized carbons (Fsp3) is 0.333. The van der Waals surface area contributed by atoms with Gasteiger partial charge in [0.25, 0.3) is 0 Å². The van der Waals surface area contributed by atoms with E-state index in [0.29, 0.717) is 13.0 Å². The molecule has 100 valence electrons. The number of thiazole rings is 1. The molecule has 0 spiro atoms. The third-order valence-electron chi connectivity index (χ3n) is 3.03. The summed E-state index contributed by atoms with van der Waals surface area (Å²) >= 11 is 1.57. The smallest absolute Gasteiger partial charge is 0.223 e. The van der Waals surface area contributed by atoms with Crippen LogP contribution in [0, 0.1) is 0 Å². The molecule has 0 bridgehead atoms. The number of aryl methyl sites for hydroxylation is 1. The molecule has 0 atom stereocenters. The summed E-state index contributed by atoms with van der Waals surface area (Å²) in [5, 5.41) is 2.00. The van der Waals surface area contributed by atoms with Crippen LogP contribution < -0.4 is 0 Å². The van der Waals surface area contributed by atoms with Crippen molar-refractivity contribution in [3.05, 3.63) is 52.5 Å². The molecule has 19 heavy (non-hydrogen) atoms. The lowest BCUT2D eigenvalue weighted by molar-refractivity contribution is -0.131. The van der Waals surface area contributed by atoms with Gasteiger partial charge in [0.15, 0.2) is 0 Å². The van der Waals surface area contributed by atoms with E-state index in [2.05, 4.69) is 17.1 Å². The zero-order chi connectivity index (χ0) is 13.5. The van der Waals surface area contributed by atoms with Crippen molar-refractivity contribution in [1.29, 1.82) is 0 Å². The average molecular weight is 274 g/mol. The van der Waals surface area contributed by atoms with E-state index in [0.717, 1.165) is 18.7 Å². The number of aromatic nitrogens is 1. The van der Waals surface area contributed by atoms with Crippen LogP contribution in [0.3, 0.4) is 0 Å². The van der Waals surface area contributed by atoms with Crippen LogP contribution in [0.2, 0.25) is 0 Å². The maximum absolute atomic E-state index is 12.2. The normalized spacial score (nSPS) is 10.4. The van der Waals surface area contributed by atoms with E-state index in [1.807, 2.05) is 35.4 Å². The van der Waals surface area contributed by atoms with E-state index in [1.54, 1.807) is 16.8 Å². The Morgan fingerprint density at radius 1 is 1.32 bits per heavy atom. The molecule has 4 heteroatoms. The lowest BCUT2D eigenvalue weighted by Crippen LogP contribution is -2.30. The van der Waals surface area contributed by atoms with Crippen molar-refractivity contribution in [2.75, 3.05) is 6.54 Å². The van der Waals surface area contributed by atoms with Gasteiger partial charge in [-0.3, -0.25) is 4.79 Å². The standard InChI is InChI=1S/C15H18N2OS/c1-2-17(10-13-6-4-3-5-7-13)15(18)9-8-14-11-19-12-16-14/h3-7,11-12H,2,8-10H2,1H3. The molecule has 0 N–H and O–H groups in total. The Morgan fingerprint density at radius 2 is 2.11 bits per heavy atom. The van der Waals surface area contributed by atoms with Crippen LogP contribution in [0.25, 0.3) is 0 Å². The first-order valence-corrected chi connectivity index (χ1v) is 7.42. The van der Waals surface area contributed by atoms with Gasteiger partial charge in [-0.05, 0) is 18.9 Å². The number of hydrogen-bond donors (Lipinski definition) is 0. The van der Waals surface area contributed by atoms with Gasteiger partial charge in [-0.1, -0.05) is 30.3 Å². The fourth-order valence-electron chi connectivity index (χ4n) is 1.93. The molecule has 0 aliphatic rings. The van der Waals surface area contributed by atoms with Crippen molar-refractivity contribution in [2.45, 2.75) is 26.3 Å². The second-order valence-corrected chi connectivity index (χ2v) is 5.09. The van der Waals surface area contributed by atoms with E-state index >= 15 is 0 Å². The van der Waals surface area contributed by atoms with Crippen molar-refractivity contribution < 1.29 is 4.79 Å². The summed E-state index contributed by atoms with van der Waals surface area (Å²) in [5.74, 6) is 0.194. The van der Waals surface area contributed by atoms with E-state index in [1.165, 1.54) is 5.56 Å². The first kappa shape index (κ1) is 13.7. The molecular formula is C15H18N2OS. The second kappa shape index (κ2) is 7.04. The molecule has 2 rings (SSSR count). The lowest BCUT2D eigenvalue weighted by atomic mass is 10.2. The predicted molar refractivity (Wildman–Crippen MR) is 78.0 cm³/mol. The van der Waals surface area contributed by atoms with Crippen molar-refractivity contribution in [3.63, 3.8) is 0 Å². The van der Waals surface area contributed by atoms with Gasteiger partial charge in [-0.15, -0.1) is 11.3 Å². The molecule has 0 fully saturated rings. The number of amides is 1. The van der Waals surface area contributed by atoms with Gasteiger partial charge in [0.05, 0.1) is 11.2 Å². The van der Waals surface area contributed by atoms with Crippen LogP contribution in [-0.4, -0.2) is 22.3 Å². The highest BCUT2D eigenvalue weighted by atomic mass is 32.1. The Bertz CT molecular complexity index is 496. The van der Waals surface area contributed by atoms with Crippen molar-refractivity contribution >= 4 is 17.2 Å². The van der Waals surface area contributed by atoms with Gasteiger partial charge in [-0.25, -0.2) is 4.98 Å². The average Bonchev–Trinajstić information content (AvgIpc) is 2.96. The molecule has 0 aliphatic carbocycles. The summed E-state index contributed by atoms with van der Waals surface area (Å²) in [6, 6.07) is 10.1. The fourth-order valence-corrected chi connectivity index (χ4v) is 2.53. The SMILES string of the molecule is CCN(Cc1ccccc1)C(=O)CCc1cscn1. The first-order chi connectivity index (χ1) is 9.29. The van der Waals surface area contributed by atoms with Gasteiger partial charge in [-0.2, -0.15) is 0 Å². The van der Waals surface area contributed by atoms with Crippen molar-refractivity contribution in [3.8, 4) is 0 Å². The number of rotatable bonds is 6. The maximum atomic E-state index is 12.2. The van der Waals surface area contributed by atoms with Crippen molar-refractivity contribution in [1.82, 2.24) is 9.88 Å². The molecule has 3 nitrogen and oxygen atoms in total. The molecule has 0 unspecified atom stereocenters. The zero-order valence-corrected chi connectivity index (χ0v) is 11.9. The minimum absolute atomic E-state index is 0.194. The monoisotopic (exact) mass is 274 g/mol. The number of benzene rings is 1. The van der Waals surface area contributed by atoms with E-state index in [4.69, 9.17) is 0 Å². The lowest BCUT2D eigenvalue weighted by Gasteiger charge is -2.20. The zero-order valence-electron chi connectivity index (χ0n) is 11.1. The largest absolute Gasteiger partial charge is 0.339 e. The third-order valence-corrected chi connectivity index (χ3v) is 3.66. The summed E-state index contributed by atoms with van der Waals surface area (Å²) in [6.07, 6.45) is 1.26. The van der Waals surface area contributed by atoms with Crippen LogP contribution in [0.1, 0.15) is 24.6 Å². The van der Waals surface area contributed by atoms with Gasteiger partial charge < -0.3 is 4.90 Å². The van der Waals surface area contributed by atoms with Crippen LogP contribution in [-0.2, 0) is 17.8 Å². The van der Waals surface area contributed by atoms with Crippen LogP contribution >= 0.6 is 11.3 Å². The Balaban J connectivity index is 1.88. The van der Waals surface area contributed by atoms with Crippen LogP contribution in [0.5, 0.6) is 0 Å². The number of carbonyl (C=O) groups is 1. The molecule has 1 aromatic heterocycles. The van der Waals surface area contributed by atoms with Crippen LogP contribution in [0.15, 0.2) is 41.2 Å². The van der Waals surface area contributed by atoms with Gasteiger partial charge in [0.2, 0.25) is 5.91 Å².